The monoisotopic (exact) mass is 270 g/mol. The van der Waals surface area contributed by atoms with Crippen LogP contribution in [0.25, 0.3) is 0 Å². The molecule has 0 saturated heterocycles. The first kappa shape index (κ1) is 14.7. The SMILES string of the molecule is COc1cccc(C=NS(=O)(=O)NC(C)(C)C)c1. The van der Waals surface area contributed by atoms with Crippen LogP contribution >= 0.6 is 0 Å². The van der Waals surface area contributed by atoms with Gasteiger partial charge in [0, 0.05) is 11.8 Å². The Balaban J connectivity index is 2.86. The second-order valence-corrected chi connectivity index (χ2v) is 6.20. The van der Waals surface area contributed by atoms with E-state index in [1.807, 2.05) is 0 Å². The van der Waals surface area contributed by atoms with Crippen LogP contribution in [-0.4, -0.2) is 27.3 Å². The van der Waals surface area contributed by atoms with Crippen LogP contribution in [0.3, 0.4) is 0 Å². The third-order valence-electron chi connectivity index (χ3n) is 1.87. The van der Waals surface area contributed by atoms with E-state index in [9.17, 15) is 8.42 Å². The predicted molar refractivity (Wildman–Crippen MR) is 72.4 cm³/mol. The molecular weight excluding hydrogens is 252 g/mol. The lowest BCUT2D eigenvalue weighted by atomic mass is 10.1. The normalized spacial score (nSPS) is 12.9. The highest BCUT2D eigenvalue weighted by atomic mass is 32.2. The van der Waals surface area contributed by atoms with Gasteiger partial charge in [-0.25, -0.2) is 0 Å². The molecule has 18 heavy (non-hydrogen) atoms. The molecule has 0 fully saturated rings. The topological polar surface area (TPSA) is 67.8 Å². The van der Waals surface area contributed by atoms with Crippen LogP contribution in [0.5, 0.6) is 5.75 Å². The molecule has 0 aliphatic heterocycles. The molecule has 0 aromatic heterocycles. The molecule has 0 spiro atoms. The van der Waals surface area contributed by atoms with Gasteiger partial charge >= 0.3 is 10.2 Å². The molecule has 0 radical (unpaired) electrons. The van der Waals surface area contributed by atoms with E-state index in [0.717, 1.165) is 0 Å². The zero-order valence-corrected chi connectivity index (χ0v) is 11.8. The number of hydrogen-bond donors (Lipinski definition) is 1. The molecule has 1 aromatic rings. The van der Waals surface area contributed by atoms with Crippen molar-refractivity contribution in [2.45, 2.75) is 26.3 Å². The molecule has 100 valence electrons. The molecule has 0 aliphatic carbocycles. The number of hydrogen-bond acceptors (Lipinski definition) is 3. The maximum atomic E-state index is 11.6. The quantitative estimate of drug-likeness (QED) is 0.847. The van der Waals surface area contributed by atoms with Crippen LogP contribution in [0.4, 0.5) is 0 Å². The maximum Gasteiger partial charge on any atom is 0.320 e. The number of rotatable bonds is 4. The summed E-state index contributed by atoms with van der Waals surface area (Å²) >= 11 is 0. The van der Waals surface area contributed by atoms with Gasteiger partial charge in [-0.15, -0.1) is 0 Å². The Morgan fingerprint density at radius 1 is 1.33 bits per heavy atom. The number of methoxy groups -OCH3 is 1. The van der Waals surface area contributed by atoms with Crippen molar-refractivity contribution in [3.05, 3.63) is 29.8 Å². The average Bonchev–Trinajstić information content (AvgIpc) is 2.24. The van der Waals surface area contributed by atoms with Crippen LogP contribution in [-0.2, 0) is 10.2 Å². The molecule has 0 heterocycles. The van der Waals surface area contributed by atoms with Gasteiger partial charge in [0.1, 0.15) is 5.75 Å². The average molecular weight is 270 g/mol. The summed E-state index contributed by atoms with van der Waals surface area (Å²) in [6.45, 7) is 5.27. The summed E-state index contributed by atoms with van der Waals surface area (Å²) in [5, 5.41) is 0. The summed E-state index contributed by atoms with van der Waals surface area (Å²) in [5.41, 5.74) is 0.110. The Morgan fingerprint density at radius 2 is 2.00 bits per heavy atom. The van der Waals surface area contributed by atoms with E-state index in [1.54, 1.807) is 52.1 Å². The van der Waals surface area contributed by atoms with Crippen molar-refractivity contribution in [3.8, 4) is 5.75 Å². The Kier molecular flexibility index (Phi) is 4.48. The second kappa shape index (κ2) is 5.49. The van der Waals surface area contributed by atoms with Crippen molar-refractivity contribution in [1.29, 1.82) is 0 Å². The molecule has 0 bridgehead atoms. The predicted octanol–water partition coefficient (Wildman–Crippen LogP) is 1.75. The molecule has 0 saturated carbocycles. The minimum Gasteiger partial charge on any atom is -0.497 e. The van der Waals surface area contributed by atoms with E-state index in [4.69, 9.17) is 4.74 Å². The van der Waals surface area contributed by atoms with Crippen LogP contribution in [0.1, 0.15) is 26.3 Å². The second-order valence-electron chi connectivity index (χ2n) is 4.84. The Labute approximate surface area is 108 Å². The molecule has 1 aromatic carbocycles. The first-order chi connectivity index (χ1) is 8.22. The van der Waals surface area contributed by atoms with E-state index in [0.29, 0.717) is 11.3 Å². The highest BCUT2D eigenvalue weighted by Gasteiger charge is 2.18. The van der Waals surface area contributed by atoms with Gasteiger partial charge in [-0.05, 0) is 38.5 Å². The lowest BCUT2D eigenvalue weighted by molar-refractivity contribution is 0.414. The van der Waals surface area contributed by atoms with Crippen molar-refractivity contribution in [2.75, 3.05) is 7.11 Å². The zero-order valence-electron chi connectivity index (χ0n) is 11.0. The Bertz CT molecular complexity index is 530. The van der Waals surface area contributed by atoms with Gasteiger partial charge in [-0.3, -0.25) is 0 Å². The van der Waals surface area contributed by atoms with Crippen molar-refractivity contribution < 1.29 is 13.2 Å². The van der Waals surface area contributed by atoms with Gasteiger partial charge in [-0.1, -0.05) is 12.1 Å². The fourth-order valence-corrected chi connectivity index (χ4v) is 2.35. The molecule has 6 heteroatoms. The minimum atomic E-state index is -3.68. The van der Waals surface area contributed by atoms with Crippen LogP contribution in [0.2, 0.25) is 0 Å². The summed E-state index contributed by atoms with van der Waals surface area (Å²) in [7, 11) is -2.13. The van der Waals surface area contributed by atoms with Crippen LogP contribution < -0.4 is 9.46 Å². The number of ether oxygens (including phenoxy) is 1. The van der Waals surface area contributed by atoms with Crippen molar-refractivity contribution in [2.24, 2.45) is 4.40 Å². The van der Waals surface area contributed by atoms with Crippen molar-refractivity contribution >= 4 is 16.4 Å². The third kappa shape index (κ3) is 5.29. The van der Waals surface area contributed by atoms with Gasteiger partial charge in [-0.2, -0.15) is 17.5 Å². The molecule has 0 amide bonds. The lowest BCUT2D eigenvalue weighted by Gasteiger charge is -2.17. The first-order valence-electron chi connectivity index (χ1n) is 5.45. The van der Waals surface area contributed by atoms with Gasteiger partial charge in [0.25, 0.3) is 0 Å². The molecule has 0 unspecified atom stereocenters. The standard InChI is InChI=1S/C12H18N2O3S/c1-12(2,3)14-18(15,16)13-9-10-6-5-7-11(8-10)17-4/h5-9,14H,1-4H3. The fourth-order valence-electron chi connectivity index (χ4n) is 1.27. The van der Waals surface area contributed by atoms with Crippen LogP contribution in [0, 0.1) is 0 Å². The van der Waals surface area contributed by atoms with E-state index >= 15 is 0 Å². The van der Waals surface area contributed by atoms with Gasteiger partial charge in [0.05, 0.1) is 7.11 Å². The smallest absolute Gasteiger partial charge is 0.320 e. The van der Waals surface area contributed by atoms with Crippen molar-refractivity contribution in [3.63, 3.8) is 0 Å². The number of nitrogens with zero attached hydrogens (tertiary/aromatic N) is 1. The lowest BCUT2D eigenvalue weighted by Crippen LogP contribution is -2.39. The molecule has 0 atom stereocenters. The highest BCUT2D eigenvalue weighted by Crippen LogP contribution is 2.11. The summed E-state index contributed by atoms with van der Waals surface area (Å²) < 4.78 is 34.3. The molecule has 1 N–H and O–H groups in total. The summed E-state index contributed by atoms with van der Waals surface area (Å²) in [5.74, 6) is 0.653. The van der Waals surface area contributed by atoms with E-state index < -0.39 is 15.7 Å². The Morgan fingerprint density at radius 3 is 2.56 bits per heavy atom. The molecule has 0 aliphatic rings. The van der Waals surface area contributed by atoms with E-state index in [1.165, 1.54) is 6.21 Å². The molecule has 1 rings (SSSR count). The largest absolute Gasteiger partial charge is 0.497 e. The Hall–Kier alpha value is -1.40. The third-order valence-corrected chi connectivity index (χ3v) is 3.12. The zero-order chi connectivity index (χ0) is 13.8. The first-order valence-corrected chi connectivity index (χ1v) is 6.89. The maximum absolute atomic E-state index is 11.6. The summed E-state index contributed by atoms with van der Waals surface area (Å²) in [4.78, 5) is 0. The van der Waals surface area contributed by atoms with Gasteiger partial charge < -0.3 is 4.74 Å². The number of benzene rings is 1. The van der Waals surface area contributed by atoms with Gasteiger partial charge in [0.15, 0.2) is 0 Å². The van der Waals surface area contributed by atoms with Gasteiger partial charge in [0.2, 0.25) is 0 Å². The molecule has 5 nitrogen and oxygen atoms in total. The highest BCUT2D eigenvalue weighted by molar-refractivity contribution is 7.88. The van der Waals surface area contributed by atoms with Crippen LogP contribution in [0.15, 0.2) is 28.7 Å². The number of nitrogens with one attached hydrogen (secondary N) is 1. The molecular formula is C12H18N2O3S. The summed E-state index contributed by atoms with van der Waals surface area (Å²) in [6.07, 6.45) is 1.29. The fraction of sp³-hybridized carbons (Fsp3) is 0.417. The van der Waals surface area contributed by atoms with E-state index in [2.05, 4.69) is 9.12 Å². The minimum absolute atomic E-state index is 0.551. The van der Waals surface area contributed by atoms with E-state index in [-0.39, 0.29) is 0 Å². The van der Waals surface area contributed by atoms with Crippen molar-refractivity contribution in [1.82, 2.24) is 4.72 Å². The summed E-state index contributed by atoms with van der Waals surface area (Å²) in [6, 6.07) is 7.00.